The van der Waals surface area contributed by atoms with Gasteiger partial charge in [-0.2, -0.15) is 5.10 Å². The molecular formula is C20H21N3O. The van der Waals surface area contributed by atoms with Crippen molar-refractivity contribution < 1.29 is 4.79 Å². The van der Waals surface area contributed by atoms with Gasteiger partial charge in [-0.1, -0.05) is 54.6 Å². The van der Waals surface area contributed by atoms with Crippen LogP contribution in [0.3, 0.4) is 0 Å². The molecule has 3 rings (SSSR count). The Morgan fingerprint density at radius 2 is 1.67 bits per heavy atom. The Kier molecular flexibility index (Phi) is 4.47. The van der Waals surface area contributed by atoms with Crippen LogP contribution >= 0.6 is 0 Å². The number of benzene rings is 2. The Bertz CT molecular complexity index is 835. The number of hydrogen-bond donors (Lipinski definition) is 0. The van der Waals surface area contributed by atoms with Crippen LogP contribution in [0.15, 0.2) is 60.7 Å². The first-order chi connectivity index (χ1) is 11.5. The van der Waals surface area contributed by atoms with Crippen LogP contribution < -0.4 is 0 Å². The van der Waals surface area contributed by atoms with Crippen molar-refractivity contribution in [3.63, 3.8) is 0 Å². The average Bonchev–Trinajstić information content (AvgIpc) is 2.94. The van der Waals surface area contributed by atoms with Crippen molar-refractivity contribution in [3.8, 4) is 11.1 Å². The first-order valence-corrected chi connectivity index (χ1v) is 7.95. The van der Waals surface area contributed by atoms with Crippen molar-refractivity contribution in [3.05, 3.63) is 77.6 Å². The van der Waals surface area contributed by atoms with Crippen molar-refractivity contribution in [1.29, 1.82) is 0 Å². The van der Waals surface area contributed by atoms with Crippen LogP contribution in [0.25, 0.3) is 11.1 Å². The molecule has 0 aliphatic carbocycles. The van der Waals surface area contributed by atoms with Crippen molar-refractivity contribution in [2.24, 2.45) is 7.05 Å². The standard InChI is InChI=1S/C20H21N3O/c1-15-13-19(23(3)21-15)20(24)22(2)14-16-9-11-18(12-10-16)17-7-5-4-6-8-17/h4-13H,14H2,1-3H3. The monoisotopic (exact) mass is 319 g/mol. The third kappa shape index (κ3) is 3.38. The molecule has 0 saturated carbocycles. The number of aromatic nitrogens is 2. The summed E-state index contributed by atoms with van der Waals surface area (Å²) in [6.07, 6.45) is 0. The molecule has 1 aromatic heterocycles. The molecule has 4 heteroatoms. The zero-order chi connectivity index (χ0) is 17.1. The highest BCUT2D eigenvalue weighted by Crippen LogP contribution is 2.20. The van der Waals surface area contributed by atoms with E-state index < -0.39 is 0 Å². The van der Waals surface area contributed by atoms with Gasteiger partial charge in [0, 0.05) is 20.6 Å². The topological polar surface area (TPSA) is 38.1 Å². The Labute approximate surface area is 142 Å². The summed E-state index contributed by atoms with van der Waals surface area (Å²) in [6, 6.07) is 20.4. The highest BCUT2D eigenvalue weighted by Gasteiger charge is 2.16. The summed E-state index contributed by atoms with van der Waals surface area (Å²) in [4.78, 5) is 14.3. The summed E-state index contributed by atoms with van der Waals surface area (Å²) in [5.74, 6) is -0.0229. The second kappa shape index (κ2) is 6.71. The first kappa shape index (κ1) is 16.0. The van der Waals surface area contributed by atoms with Gasteiger partial charge in [-0.25, -0.2) is 0 Å². The van der Waals surface area contributed by atoms with Gasteiger partial charge in [0.1, 0.15) is 5.69 Å². The molecule has 1 amide bonds. The molecule has 3 aromatic rings. The van der Waals surface area contributed by atoms with Crippen molar-refractivity contribution >= 4 is 5.91 Å². The van der Waals surface area contributed by atoms with E-state index in [1.165, 1.54) is 11.1 Å². The maximum atomic E-state index is 12.5. The lowest BCUT2D eigenvalue weighted by atomic mass is 10.0. The predicted molar refractivity (Wildman–Crippen MR) is 95.6 cm³/mol. The second-order valence-electron chi connectivity index (χ2n) is 6.02. The number of rotatable bonds is 4. The number of aryl methyl sites for hydroxylation is 2. The summed E-state index contributed by atoms with van der Waals surface area (Å²) >= 11 is 0. The molecule has 0 aliphatic rings. The molecule has 24 heavy (non-hydrogen) atoms. The molecule has 2 aromatic carbocycles. The summed E-state index contributed by atoms with van der Waals surface area (Å²) in [7, 11) is 3.61. The fraction of sp³-hybridized carbons (Fsp3) is 0.200. The number of nitrogens with zero attached hydrogens (tertiary/aromatic N) is 3. The highest BCUT2D eigenvalue weighted by atomic mass is 16.2. The first-order valence-electron chi connectivity index (χ1n) is 7.95. The van der Waals surface area contributed by atoms with E-state index >= 15 is 0 Å². The smallest absolute Gasteiger partial charge is 0.272 e. The van der Waals surface area contributed by atoms with Crippen LogP contribution in [0, 0.1) is 6.92 Å². The molecule has 122 valence electrons. The van der Waals surface area contributed by atoms with E-state index in [-0.39, 0.29) is 5.91 Å². The van der Waals surface area contributed by atoms with Gasteiger partial charge in [0.15, 0.2) is 0 Å². The molecule has 0 aliphatic heterocycles. The van der Waals surface area contributed by atoms with E-state index in [2.05, 4.69) is 41.5 Å². The van der Waals surface area contributed by atoms with Crippen LogP contribution in [0.2, 0.25) is 0 Å². The molecule has 1 heterocycles. The number of amides is 1. The Morgan fingerprint density at radius 1 is 1.04 bits per heavy atom. The largest absolute Gasteiger partial charge is 0.336 e. The molecule has 0 N–H and O–H groups in total. The lowest BCUT2D eigenvalue weighted by Gasteiger charge is -2.17. The minimum atomic E-state index is -0.0229. The average molecular weight is 319 g/mol. The minimum absolute atomic E-state index is 0.0229. The summed E-state index contributed by atoms with van der Waals surface area (Å²) in [5, 5.41) is 4.24. The number of hydrogen-bond acceptors (Lipinski definition) is 2. The van der Waals surface area contributed by atoms with Gasteiger partial charge in [0.05, 0.1) is 5.69 Å². The molecule has 0 fully saturated rings. The Balaban J connectivity index is 1.72. The number of carbonyl (C=O) groups excluding carboxylic acids is 1. The van der Waals surface area contributed by atoms with Crippen LogP contribution in [0.5, 0.6) is 0 Å². The number of carbonyl (C=O) groups is 1. The van der Waals surface area contributed by atoms with Gasteiger partial charge >= 0.3 is 0 Å². The quantitative estimate of drug-likeness (QED) is 0.736. The van der Waals surface area contributed by atoms with Crippen LogP contribution in [-0.2, 0) is 13.6 Å². The van der Waals surface area contributed by atoms with E-state index in [1.807, 2.05) is 38.2 Å². The zero-order valence-electron chi connectivity index (χ0n) is 14.2. The van der Waals surface area contributed by atoms with Gasteiger partial charge in [-0.3, -0.25) is 9.48 Å². The fourth-order valence-electron chi connectivity index (χ4n) is 2.79. The SMILES string of the molecule is Cc1cc(C(=O)N(C)Cc2ccc(-c3ccccc3)cc2)n(C)n1. The minimum Gasteiger partial charge on any atom is -0.336 e. The van der Waals surface area contributed by atoms with Crippen molar-refractivity contribution in [2.45, 2.75) is 13.5 Å². The fourth-order valence-corrected chi connectivity index (χ4v) is 2.79. The maximum Gasteiger partial charge on any atom is 0.272 e. The summed E-state index contributed by atoms with van der Waals surface area (Å²) in [6.45, 7) is 2.46. The van der Waals surface area contributed by atoms with Crippen LogP contribution in [-0.4, -0.2) is 27.6 Å². The van der Waals surface area contributed by atoms with Crippen molar-refractivity contribution in [2.75, 3.05) is 7.05 Å². The lowest BCUT2D eigenvalue weighted by molar-refractivity contribution is 0.0774. The molecule has 0 radical (unpaired) electrons. The van der Waals surface area contributed by atoms with Gasteiger partial charge in [-0.15, -0.1) is 0 Å². The molecule has 4 nitrogen and oxygen atoms in total. The molecule has 0 atom stereocenters. The normalized spacial score (nSPS) is 10.6. The van der Waals surface area contributed by atoms with Gasteiger partial charge in [-0.05, 0) is 29.7 Å². The van der Waals surface area contributed by atoms with E-state index in [0.717, 1.165) is 11.3 Å². The summed E-state index contributed by atoms with van der Waals surface area (Å²) in [5.41, 5.74) is 4.93. The molecule has 0 unspecified atom stereocenters. The Morgan fingerprint density at radius 3 is 2.25 bits per heavy atom. The van der Waals surface area contributed by atoms with Crippen molar-refractivity contribution in [1.82, 2.24) is 14.7 Å². The summed E-state index contributed by atoms with van der Waals surface area (Å²) < 4.78 is 1.63. The predicted octanol–water partition coefficient (Wildman–Crippen LogP) is 3.67. The molecular weight excluding hydrogens is 298 g/mol. The highest BCUT2D eigenvalue weighted by molar-refractivity contribution is 5.92. The van der Waals surface area contributed by atoms with E-state index in [4.69, 9.17) is 0 Å². The Hall–Kier alpha value is -2.88. The van der Waals surface area contributed by atoms with E-state index in [0.29, 0.717) is 12.2 Å². The second-order valence-corrected chi connectivity index (χ2v) is 6.02. The van der Waals surface area contributed by atoms with E-state index in [9.17, 15) is 4.79 Å². The molecule has 0 spiro atoms. The van der Waals surface area contributed by atoms with E-state index in [1.54, 1.807) is 16.6 Å². The van der Waals surface area contributed by atoms with Gasteiger partial charge in [0.2, 0.25) is 0 Å². The lowest BCUT2D eigenvalue weighted by Crippen LogP contribution is -2.28. The third-order valence-electron chi connectivity index (χ3n) is 4.05. The zero-order valence-corrected chi connectivity index (χ0v) is 14.2. The third-order valence-corrected chi connectivity index (χ3v) is 4.05. The van der Waals surface area contributed by atoms with Crippen LogP contribution in [0.4, 0.5) is 0 Å². The van der Waals surface area contributed by atoms with Gasteiger partial charge in [0.25, 0.3) is 5.91 Å². The van der Waals surface area contributed by atoms with Gasteiger partial charge < -0.3 is 4.90 Å². The molecule has 0 bridgehead atoms. The van der Waals surface area contributed by atoms with Crippen LogP contribution in [0.1, 0.15) is 21.7 Å². The molecule has 0 saturated heterocycles. The maximum absolute atomic E-state index is 12.5.